The van der Waals surface area contributed by atoms with E-state index in [-0.39, 0.29) is 16.9 Å². The first-order valence-corrected chi connectivity index (χ1v) is 6.33. The van der Waals surface area contributed by atoms with Crippen LogP contribution in [0.1, 0.15) is 55.0 Å². The fourth-order valence-corrected chi connectivity index (χ4v) is 2.83. The van der Waals surface area contributed by atoms with Crippen molar-refractivity contribution in [1.82, 2.24) is 10.3 Å². The minimum absolute atomic E-state index is 0.0203. The fraction of sp³-hybridized carbons (Fsp3) is 0.667. The Morgan fingerprint density at radius 3 is 2.56 bits per heavy atom. The Morgan fingerprint density at radius 1 is 1.38 bits per heavy atom. The largest absolute Gasteiger partial charge is 0.346 e. The monoisotopic (exact) mass is 238 g/mol. The summed E-state index contributed by atoms with van der Waals surface area (Å²) in [4.78, 5) is 17.3. The molecule has 3 nitrogen and oxygen atoms in total. The number of carbonyl (C=O) groups excluding carboxylic acids is 1. The predicted molar refractivity (Wildman–Crippen MR) is 66.1 cm³/mol. The molecule has 0 radical (unpaired) electrons. The van der Waals surface area contributed by atoms with Gasteiger partial charge in [-0.15, -0.1) is 11.3 Å². The standard InChI is InChI=1S/C12H18N2OS/c1-11(2,3)10-13-7-6-12(4,5)14-9(15)8(7)16-10/h6H2,1-5H3,(H,14,15). The molecule has 1 amide bonds. The number of thiazole rings is 1. The number of aromatic nitrogens is 1. The number of hydrogen-bond donors (Lipinski definition) is 1. The summed E-state index contributed by atoms with van der Waals surface area (Å²) in [5, 5.41) is 4.05. The van der Waals surface area contributed by atoms with Gasteiger partial charge in [0, 0.05) is 17.4 Å². The third-order valence-corrected chi connectivity index (χ3v) is 4.13. The molecule has 0 aromatic carbocycles. The van der Waals surface area contributed by atoms with Gasteiger partial charge in [0.15, 0.2) is 0 Å². The molecule has 1 aliphatic heterocycles. The van der Waals surface area contributed by atoms with E-state index in [9.17, 15) is 4.79 Å². The molecule has 1 N–H and O–H groups in total. The average Bonchev–Trinajstić information content (AvgIpc) is 2.44. The van der Waals surface area contributed by atoms with Gasteiger partial charge < -0.3 is 5.32 Å². The van der Waals surface area contributed by atoms with Crippen LogP contribution in [0.5, 0.6) is 0 Å². The Balaban J connectivity index is 2.46. The first-order valence-electron chi connectivity index (χ1n) is 5.52. The minimum Gasteiger partial charge on any atom is -0.346 e. The Bertz CT molecular complexity index is 440. The van der Waals surface area contributed by atoms with Crippen molar-refractivity contribution in [3.8, 4) is 0 Å². The van der Waals surface area contributed by atoms with Crippen molar-refractivity contribution in [2.24, 2.45) is 0 Å². The highest BCUT2D eigenvalue weighted by molar-refractivity contribution is 7.14. The Labute approximate surface area is 100 Å². The lowest BCUT2D eigenvalue weighted by Gasteiger charge is -2.29. The van der Waals surface area contributed by atoms with E-state index in [1.165, 1.54) is 11.3 Å². The molecule has 2 rings (SSSR count). The van der Waals surface area contributed by atoms with E-state index in [0.717, 1.165) is 22.0 Å². The van der Waals surface area contributed by atoms with Gasteiger partial charge >= 0.3 is 0 Å². The van der Waals surface area contributed by atoms with Gasteiger partial charge in [-0.1, -0.05) is 20.8 Å². The number of nitrogens with zero attached hydrogens (tertiary/aromatic N) is 1. The van der Waals surface area contributed by atoms with Gasteiger partial charge in [0.25, 0.3) is 5.91 Å². The zero-order chi connectivity index (χ0) is 12.1. The van der Waals surface area contributed by atoms with Crippen LogP contribution in [0.4, 0.5) is 0 Å². The van der Waals surface area contributed by atoms with Gasteiger partial charge in [0.05, 0.1) is 10.7 Å². The molecule has 0 bridgehead atoms. The summed E-state index contributed by atoms with van der Waals surface area (Å²) in [6.45, 7) is 10.4. The molecule has 88 valence electrons. The zero-order valence-electron chi connectivity index (χ0n) is 10.5. The molecule has 0 saturated carbocycles. The Morgan fingerprint density at radius 2 is 2.00 bits per heavy atom. The van der Waals surface area contributed by atoms with Crippen molar-refractivity contribution in [2.75, 3.05) is 0 Å². The van der Waals surface area contributed by atoms with Crippen LogP contribution in [0, 0.1) is 0 Å². The normalized spacial score (nSPS) is 19.2. The second kappa shape index (κ2) is 3.29. The van der Waals surface area contributed by atoms with E-state index in [1.54, 1.807) is 0 Å². The highest BCUT2D eigenvalue weighted by Crippen LogP contribution is 2.33. The molecule has 1 aliphatic rings. The van der Waals surface area contributed by atoms with Crippen LogP contribution in [-0.4, -0.2) is 16.4 Å². The third kappa shape index (κ3) is 1.98. The van der Waals surface area contributed by atoms with Crippen LogP contribution in [-0.2, 0) is 11.8 Å². The van der Waals surface area contributed by atoms with Gasteiger partial charge in [-0.05, 0) is 13.8 Å². The van der Waals surface area contributed by atoms with E-state index in [2.05, 4.69) is 31.1 Å². The quantitative estimate of drug-likeness (QED) is 0.754. The SMILES string of the molecule is CC1(C)Cc2nc(C(C)(C)C)sc2C(=O)N1. The maximum absolute atomic E-state index is 11.9. The smallest absolute Gasteiger partial charge is 0.263 e. The molecule has 0 spiro atoms. The van der Waals surface area contributed by atoms with E-state index in [0.29, 0.717) is 0 Å². The number of nitrogens with one attached hydrogen (secondary N) is 1. The lowest BCUT2D eigenvalue weighted by Crippen LogP contribution is -2.48. The molecule has 0 saturated heterocycles. The van der Waals surface area contributed by atoms with Crippen molar-refractivity contribution in [2.45, 2.75) is 52.0 Å². The summed E-state index contributed by atoms with van der Waals surface area (Å²) in [7, 11) is 0. The highest BCUT2D eigenvalue weighted by Gasteiger charge is 2.34. The lowest BCUT2D eigenvalue weighted by molar-refractivity contribution is 0.0901. The highest BCUT2D eigenvalue weighted by atomic mass is 32.1. The van der Waals surface area contributed by atoms with Gasteiger partial charge in [-0.3, -0.25) is 4.79 Å². The van der Waals surface area contributed by atoms with E-state index in [1.807, 2.05) is 13.8 Å². The molecule has 0 atom stereocenters. The molecular weight excluding hydrogens is 220 g/mol. The summed E-state index contributed by atoms with van der Waals surface area (Å²) in [5.41, 5.74) is 0.809. The van der Waals surface area contributed by atoms with E-state index >= 15 is 0 Å². The number of amides is 1. The topological polar surface area (TPSA) is 42.0 Å². The van der Waals surface area contributed by atoms with Crippen molar-refractivity contribution >= 4 is 17.2 Å². The Hall–Kier alpha value is -0.900. The molecular formula is C12H18N2OS. The summed E-state index contributed by atoms with van der Waals surface area (Å²) in [6, 6.07) is 0. The van der Waals surface area contributed by atoms with Crippen LogP contribution in [0.25, 0.3) is 0 Å². The molecule has 1 aromatic rings. The van der Waals surface area contributed by atoms with Gasteiger partial charge in [0.1, 0.15) is 4.88 Å². The molecule has 2 heterocycles. The summed E-state index contributed by atoms with van der Waals surface area (Å²) in [5.74, 6) is 0.0271. The number of rotatable bonds is 0. The van der Waals surface area contributed by atoms with Gasteiger partial charge in [-0.2, -0.15) is 0 Å². The lowest BCUT2D eigenvalue weighted by atomic mass is 9.93. The second-order valence-corrected chi connectivity index (χ2v) is 7.06. The van der Waals surface area contributed by atoms with Crippen LogP contribution in [0.2, 0.25) is 0 Å². The molecule has 0 aliphatic carbocycles. The number of carbonyl (C=O) groups is 1. The van der Waals surface area contributed by atoms with Crippen molar-refractivity contribution in [3.05, 3.63) is 15.6 Å². The number of hydrogen-bond acceptors (Lipinski definition) is 3. The summed E-state index contributed by atoms with van der Waals surface area (Å²) in [6.07, 6.45) is 0.820. The van der Waals surface area contributed by atoms with E-state index in [4.69, 9.17) is 0 Å². The van der Waals surface area contributed by atoms with Crippen LogP contribution < -0.4 is 5.32 Å². The first-order chi connectivity index (χ1) is 7.19. The molecule has 0 fully saturated rings. The van der Waals surface area contributed by atoms with Crippen LogP contribution >= 0.6 is 11.3 Å². The van der Waals surface area contributed by atoms with Crippen LogP contribution in [0.3, 0.4) is 0 Å². The second-order valence-electron chi connectivity index (χ2n) is 6.06. The molecule has 16 heavy (non-hydrogen) atoms. The molecule has 1 aromatic heterocycles. The van der Waals surface area contributed by atoms with E-state index < -0.39 is 0 Å². The molecule has 4 heteroatoms. The van der Waals surface area contributed by atoms with Crippen molar-refractivity contribution < 1.29 is 4.79 Å². The average molecular weight is 238 g/mol. The first kappa shape index (κ1) is 11.6. The minimum atomic E-state index is -0.173. The van der Waals surface area contributed by atoms with Gasteiger partial charge in [-0.25, -0.2) is 4.98 Å². The Kier molecular flexibility index (Phi) is 2.38. The van der Waals surface area contributed by atoms with Crippen molar-refractivity contribution in [1.29, 1.82) is 0 Å². The van der Waals surface area contributed by atoms with Crippen LogP contribution in [0.15, 0.2) is 0 Å². The van der Waals surface area contributed by atoms with Crippen molar-refractivity contribution in [3.63, 3.8) is 0 Å². The third-order valence-electron chi connectivity index (χ3n) is 2.61. The zero-order valence-corrected chi connectivity index (χ0v) is 11.3. The molecule has 0 unspecified atom stereocenters. The summed E-state index contributed by atoms with van der Waals surface area (Å²) < 4.78 is 0. The maximum Gasteiger partial charge on any atom is 0.263 e. The number of fused-ring (bicyclic) bond motifs is 1. The fourth-order valence-electron chi connectivity index (χ4n) is 1.80. The summed E-state index contributed by atoms with van der Waals surface area (Å²) >= 11 is 1.53. The predicted octanol–water partition coefficient (Wildman–Crippen LogP) is 2.51. The maximum atomic E-state index is 11.9. The van der Waals surface area contributed by atoms with Gasteiger partial charge in [0.2, 0.25) is 0 Å².